The number of hydrogen-bond donors (Lipinski definition) is 2. The monoisotopic (exact) mass is 296 g/mol. The van der Waals surface area contributed by atoms with Crippen LogP contribution in [-0.2, 0) is 7.05 Å². The molecule has 2 aromatic heterocycles. The summed E-state index contributed by atoms with van der Waals surface area (Å²) in [7, 11) is 3.70. The Morgan fingerprint density at radius 3 is 2.71 bits per heavy atom. The van der Waals surface area contributed by atoms with Gasteiger partial charge in [-0.05, 0) is 22.9 Å². The van der Waals surface area contributed by atoms with E-state index in [0.29, 0.717) is 5.95 Å². The van der Waals surface area contributed by atoms with Crippen LogP contribution >= 0.6 is 15.9 Å². The van der Waals surface area contributed by atoms with E-state index in [1.165, 1.54) is 0 Å². The van der Waals surface area contributed by atoms with E-state index in [2.05, 4.69) is 41.6 Å². The average Bonchev–Trinajstić information content (AvgIpc) is 2.63. The fraction of sp³-hybridized carbons (Fsp3) is 0.300. The largest absolute Gasteiger partial charge is 0.372 e. The fourth-order valence-corrected chi connectivity index (χ4v) is 1.73. The first-order valence-electron chi connectivity index (χ1n) is 5.07. The highest BCUT2D eigenvalue weighted by Crippen LogP contribution is 2.22. The van der Waals surface area contributed by atoms with Crippen LogP contribution in [0.2, 0.25) is 0 Å². The number of hydrogen-bond acceptors (Lipinski definition) is 5. The van der Waals surface area contributed by atoms with Gasteiger partial charge < -0.3 is 10.6 Å². The van der Waals surface area contributed by atoms with E-state index in [9.17, 15) is 0 Å². The summed E-state index contributed by atoms with van der Waals surface area (Å²) in [4.78, 5) is 8.51. The van der Waals surface area contributed by atoms with Gasteiger partial charge in [0, 0.05) is 20.3 Å². The number of halogens is 1. The van der Waals surface area contributed by atoms with Gasteiger partial charge in [-0.25, -0.2) is 4.98 Å². The molecule has 2 N–H and O–H groups in total. The standard InChI is InChI=1S/C10H13BrN6/c1-6-8(5-14-17(6)3)15-10-13-4-7(11)9(12-2)16-10/h4-5H,1-3H3,(H2,12,13,15,16). The van der Waals surface area contributed by atoms with Crippen LogP contribution in [0, 0.1) is 6.92 Å². The van der Waals surface area contributed by atoms with Crippen LogP contribution in [0.5, 0.6) is 0 Å². The molecule has 0 spiro atoms. The van der Waals surface area contributed by atoms with Crippen molar-refractivity contribution in [2.45, 2.75) is 6.92 Å². The van der Waals surface area contributed by atoms with Gasteiger partial charge in [0.15, 0.2) is 0 Å². The molecule has 0 fully saturated rings. The molecule has 0 saturated carbocycles. The lowest BCUT2D eigenvalue weighted by molar-refractivity contribution is 0.740. The quantitative estimate of drug-likeness (QED) is 0.907. The van der Waals surface area contributed by atoms with Crippen molar-refractivity contribution in [2.24, 2.45) is 7.05 Å². The predicted molar refractivity (Wildman–Crippen MR) is 70.5 cm³/mol. The van der Waals surface area contributed by atoms with Crippen LogP contribution in [0.4, 0.5) is 17.5 Å². The normalized spacial score (nSPS) is 10.4. The van der Waals surface area contributed by atoms with Crippen LogP contribution in [0.3, 0.4) is 0 Å². The molecule has 0 aliphatic carbocycles. The van der Waals surface area contributed by atoms with E-state index in [-0.39, 0.29) is 0 Å². The lowest BCUT2D eigenvalue weighted by Crippen LogP contribution is -2.02. The molecule has 0 atom stereocenters. The van der Waals surface area contributed by atoms with Gasteiger partial charge in [0.1, 0.15) is 5.82 Å². The Kier molecular flexibility index (Phi) is 3.28. The zero-order chi connectivity index (χ0) is 12.4. The first-order chi connectivity index (χ1) is 8.11. The summed E-state index contributed by atoms with van der Waals surface area (Å²) < 4.78 is 2.62. The second-order valence-electron chi connectivity index (χ2n) is 3.53. The van der Waals surface area contributed by atoms with Crippen molar-refractivity contribution in [3.63, 3.8) is 0 Å². The number of nitrogens with one attached hydrogen (secondary N) is 2. The minimum absolute atomic E-state index is 0.536. The maximum Gasteiger partial charge on any atom is 0.229 e. The Labute approximate surface area is 108 Å². The number of nitrogens with zero attached hydrogens (tertiary/aromatic N) is 4. The highest BCUT2D eigenvalue weighted by Gasteiger charge is 2.07. The summed E-state index contributed by atoms with van der Waals surface area (Å²) in [6.07, 6.45) is 3.45. The molecule has 17 heavy (non-hydrogen) atoms. The summed E-state index contributed by atoms with van der Waals surface area (Å²) in [6, 6.07) is 0. The first-order valence-corrected chi connectivity index (χ1v) is 5.87. The van der Waals surface area contributed by atoms with Gasteiger partial charge in [0.25, 0.3) is 0 Å². The van der Waals surface area contributed by atoms with Crippen LogP contribution in [0.15, 0.2) is 16.9 Å². The molecule has 90 valence electrons. The SMILES string of the molecule is CNc1nc(Nc2cnn(C)c2C)ncc1Br. The third kappa shape index (κ3) is 2.38. The minimum atomic E-state index is 0.536. The van der Waals surface area contributed by atoms with Crippen molar-refractivity contribution >= 4 is 33.4 Å². The summed E-state index contributed by atoms with van der Waals surface area (Å²) >= 11 is 3.36. The Bertz CT molecular complexity index is 536. The number of aromatic nitrogens is 4. The van der Waals surface area contributed by atoms with Crippen molar-refractivity contribution in [1.29, 1.82) is 0 Å². The Balaban J connectivity index is 2.27. The van der Waals surface area contributed by atoms with E-state index < -0.39 is 0 Å². The van der Waals surface area contributed by atoms with Gasteiger partial charge in [-0.15, -0.1) is 0 Å². The summed E-state index contributed by atoms with van der Waals surface area (Å²) in [5.41, 5.74) is 1.93. The molecule has 0 aliphatic rings. The molecule has 7 heteroatoms. The third-order valence-corrected chi connectivity index (χ3v) is 3.04. The molecule has 2 heterocycles. The number of rotatable bonds is 3. The lowest BCUT2D eigenvalue weighted by Gasteiger charge is -2.07. The minimum Gasteiger partial charge on any atom is -0.372 e. The molecule has 0 radical (unpaired) electrons. The van der Waals surface area contributed by atoms with Gasteiger partial charge in [-0.2, -0.15) is 10.1 Å². The topological polar surface area (TPSA) is 67.7 Å². The highest BCUT2D eigenvalue weighted by molar-refractivity contribution is 9.10. The molecule has 6 nitrogen and oxygen atoms in total. The van der Waals surface area contributed by atoms with Crippen LogP contribution in [-0.4, -0.2) is 26.8 Å². The second-order valence-corrected chi connectivity index (χ2v) is 4.39. The second kappa shape index (κ2) is 4.70. The van der Waals surface area contributed by atoms with Crippen LogP contribution in [0.25, 0.3) is 0 Å². The lowest BCUT2D eigenvalue weighted by atomic mass is 10.4. The molecule has 0 unspecified atom stereocenters. The Hall–Kier alpha value is -1.63. The predicted octanol–water partition coefficient (Wildman–Crippen LogP) is 2.07. The number of aryl methyl sites for hydroxylation is 1. The third-order valence-electron chi connectivity index (χ3n) is 2.46. The highest BCUT2D eigenvalue weighted by atomic mass is 79.9. The summed E-state index contributed by atoms with van der Waals surface area (Å²) in [5.74, 6) is 1.28. The van der Waals surface area contributed by atoms with Crippen molar-refractivity contribution in [3.8, 4) is 0 Å². The van der Waals surface area contributed by atoms with Gasteiger partial charge in [-0.1, -0.05) is 0 Å². The summed E-state index contributed by atoms with van der Waals surface area (Å²) in [6.45, 7) is 1.98. The Morgan fingerprint density at radius 2 is 2.12 bits per heavy atom. The van der Waals surface area contributed by atoms with Gasteiger partial charge in [0.2, 0.25) is 5.95 Å². The maximum atomic E-state index is 4.32. The van der Waals surface area contributed by atoms with Crippen molar-refractivity contribution in [1.82, 2.24) is 19.7 Å². The molecular weight excluding hydrogens is 284 g/mol. The van der Waals surface area contributed by atoms with E-state index >= 15 is 0 Å². The zero-order valence-electron chi connectivity index (χ0n) is 9.82. The fourth-order valence-electron chi connectivity index (χ4n) is 1.34. The van der Waals surface area contributed by atoms with E-state index in [1.807, 2.05) is 21.0 Å². The van der Waals surface area contributed by atoms with Crippen LogP contribution < -0.4 is 10.6 Å². The summed E-state index contributed by atoms with van der Waals surface area (Å²) in [5, 5.41) is 10.3. The van der Waals surface area contributed by atoms with E-state index in [1.54, 1.807) is 17.1 Å². The molecule has 0 aliphatic heterocycles. The van der Waals surface area contributed by atoms with Crippen molar-refractivity contribution in [2.75, 3.05) is 17.7 Å². The maximum absolute atomic E-state index is 4.32. The van der Waals surface area contributed by atoms with Gasteiger partial charge in [0.05, 0.1) is 22.1 Å². The molecule has 2 aromatic rings. The average molecular weight is 297 g/mol. The van der Waals surface area contributed by atoms with E-state index in [4.69, 9.17) is 0 Å². The molecule has 2 rings (SSSR count). The smallest absolute Gasteiger partial charge is 0.229 e. The van der Waals surface area contributed by atoms with E-state index in [0.717, 1.165) is 21.7 Å². The van der Waals surface area contributed by atoms with Crippen LogP contribution in [0.1, 0.15) is 5.69 Å². The zero-order valence-corrected chi connectivity index (χ0v) is 11.4. The van der Waals surface area contributed by atoms with Gasteiger partial charge in [-0.3, -0.25) is 4.68 Å². The molecule has 0 amide bonds. The van der Waals surface area contributed by atoms with Crippen molar-refractivity contribution in [3.05, 3.63) is 22.6 Å². The van der Waals surface area contributed by atoms with Crippen molar-refractivity contribution < 1.29 is 0 Å². The van der Waals surface area contributed by atoms with Gasteiger partial charge >= 0.3 is 0 Å². The Morgan fingerprint density at radius 1 is 1.35 bits per heavy atom. The molecule has 0 bridgehead atoms. The number of anilines is 3. The molecule has 0 aromatic carbocycles. The molecule has 0 saturated heterocycles. The first kappa shape index (κ1) is 11.8. The molecular formula is C10H13BrN6.